The fraction of sp³-hybridized carbons (Fsp3) is 0.462. The van der Waals surface area contributed by atoms with E-state index in [4.69, 9.17) is 5.73 Å². The number of carbonyl (C=O) groups is 1. The van der Waals surface area contributed by atoms with Crippen LogP contribution in [0.3, 0.4) is 0 Å². The molecule has 1 aromatic rings. The Balaban J connectivity index is 2.01. The largest absolute Gasteiger partial charge is 0.507 e. The van der Waals surface area contributed by atoms with Gasteiger partial charge in [0.25, 0.3) is 0 Å². The number of piperidine rings is 1. The van der Waals surface area contributed by atoms with Crippen molar-refractivity contribution in [2.24, 2.45) is 5.73 Å². The molecule has 1 heterocycles. The zero-order chi connectivity index (χ0) is 13.1. The summed E-state index contributed by atoms with van der Waals surface area (Å²) in [5, 5.41) is 9.55. The highest BCUT2D eigenvalue weighted by molar-refractivity contribution is 6.00. The number of aromatic hydroxyl groups is 1. The van der Waals surface area contributed by atoms with E-state index in [1.165, 1.54) is 6.07 Å². The van der Waals surface area contributed by atoms with Crippen LogP contribution in [-0.4, -0.2) is 41.5 Å². The predicted molar refractivity (Wildman–Crippen MR) is 66.0 cm³/mol. The second kappa shape index (κ2) is 5.46. The average molecular weight is 252 g/mol. The van der Waals surface area contributed by atoms with E-state index in [0.29, 0.717) is 0 Å². The fourth-order valence-corrected chi connectivity index (χ4v) is 2.13. The summed E-state index contributed by atoms with van der Waals surface area (Å²) in [4.78, 5) is 14.0. The molecule has 1 aromatic carbocycles. The number of nitrogens with zero attached hydrogens (tertiary/aromatic N) is 1. The Hall–Kier alpha value is -1.46. The molecule has 1 aliphatic rings. The topological polar surface area (TPSA) is 66.6 Å². The maximum absolute atomic E-state index is 13.0. The van der Waals surface area contributed by atoms with Gasteiger partial charge in [-0.15, -0.1) is 0 Å². The Morgan fingerprint density at radius 2 is 2.11 bits per heavy atom. The SMILES string of the molecule is NC1CCN(CC(=O)c2cc(F)ccc2O)CC1. The molecule has 0 radical (unpaired) electrons. The highest BCUT2D eigenvalue weighted by atomic mass is 19.1. The van der Waals surface area contributed by atoms with E-state index in [9.17, 15) is 14.3 Å². The minimum Gasteiger partial charge on any atom is -0.507 e. The van der Waals surface area contributed by atoms with Crippen LogP contribution in [0.5, 0.6) is 5.75 Å². The molecule has 18 heavy (non-hydrogen) atoms. The van der Waals surface area contributed by atoms with Crippen molar-refractivity contribution >= 4 is 5.78 Å². The number of Topliss-reactive ketones (excluding diaryl/α,β-unsaturated/α-hetero) is 1. The molecule has 0 atom stereocenters. The second-order valence-corrected chi connectivity index (χ2v) is 4.70. The van der Waals surface area contributed by atoms with Gasteiger partial charge in [0, 0.05) is 19.1 Å². The highest BCUT2D eigenvalue weighted by Gasteiger charge is 2.20. The lowest BCUT2D eigenvalue weighted by Crippen LogP contribution is -2.41. The van der Waals surface area contributed by atoms with E-state index in [1.54, 1.807) is 0 Å². The van der Waals surface area contributed by atoms with E-state index >= 15 is 0 Å². The summed E-state index contributed by atoms with van der Waals surface area (Å²) in [5.41, 5.74) is 5.83. The number of carbonyl (C=O) groups excluding carboxylic acids is 1. The number of phenols is 1. The Morgan fingerprint density at radius 1 is 1.44 bits per heavy atom. The van der Waals surface area contributed by atoms with Gasteiger partial charge in [0.05, 0.1) is 12.1 Å². The lowest BCUT2D eigenvalue weighted by molar-refractivity contribution is 0.0907. The second-order valence-electron chi connectivity index (χ2n) is 4.70. The minimum absolute atomic E-state index is 0.0462. The Kier molecular flexibility index (Phi) is 3.93. The quantitative estimate of drug-likeness (QED) is 0.792. The Morgan fingerprint density at radius 3 is 2.78 bits per heavy atom. The zero-order valence-electron chi connectivity index (χ0n) is 10.1. The van der Waals surface area contributed by atoms with Crippen LogP contribution >= 0.6 is 0 Å². The zero-order valence-corrected chi connectivity index (χ0v) is 10.1. The summed E-state index contributed by atoms with van der Waals surface area (Å²) in [5.74, 6) is -0.950. The maximum Gasteiger partial charge on any atom is 0.180 e. The summed E-state index contributed by atoms with van der Waals surface area (Å²) >= 11 is 0. The third kappa shape index (κ3) is 3.05. The highest BCUT2D eigenvalue weighted by Crippen LogP contribution is 2.19. The van der Waals surface area contributed by atoms with Crippen LogP contribution in [0.15, 0.2) is 18.2 Å². The normalized spacial score (nSPS) is 17.9. The molecule has 0 aromatic heterocycles. The lowest BCUT2D eigenvalue weighted by atomic mass is 10.0. The number of hydrogen-bond donors (Lipinski definition) is 2. The molecule has 0 spiro atoms. The van der Waals surface area contributed by atoms with E-state index in [-0.39, 0.29) is 29.7 Å². The van der Waals surface area contributed by atoms with Gasteiger partial charge < -0.3 is 10.8 Å². The van der Waals surface area contributed by atoms with Crippen LogP contribution in [0.25, 0.3) is 0 Å². The van der Waals surface area contributed by atoms with Gasteiger partial charge in [-0.25, -0.2) is 4.39 Å². The monoisotopic (exact) mass is 252 g/mol. The number of phenolic OH excluding ortho intramolecular Hbond substituents is 1. The fourth-order valence-electron chi connectivity index (χ4n) is 2.13. The van der Waals surface area contributed by atoms with Gasteiger partial charge in [-0.3, -0.25) is 9.69 Å². The van der Waals surface area contributed by atoms with Crippen molar-refractivity contribution in [1.29, 1.82) is 0 Å². The van der Waals surface area contributed by atoms with E-state index in [1.807, 2.05) is 4.90 Å². The lowest BCUT2D eigenvalue weighted by Gasteiger charge is -2.29. The molecular weight excluding hydrogens is 235 g/mol. The van der Waals surface area contributed by atoms with Crippen molar-refractivity contribution in [2.45, 2.75) is 18.9 Å². The van der Waals surface area contributed by atoms with Crippen LogP contribution in [0.2, 0.25) is 0 Å². The van der Waals surface area contributed by atoms with Crippen molar-refractivity contribution < 1.29 is 14.3 Å². The Bertz CT molecular complexity index is 443. The first-order valence-electron chi connectivity index (χ1n) is 6.06. The van der Waals surface area contributed by atoms with Crippen LogP contribution in [0.4, 0.5) is 4.39 Å². The number of halogens is 1. The molecule has 3 N–H and O–H groups in total. The van der Waals surface area contributed by atoms with Crippen molar-refractivity contribution in [3.8, 4) is 5.75 Å². The van der Waals surface area contributed by atoms with Gasteiger partial charge in [-0.05, 0) is 31.0 Å². The molecule has 5 heteroatoms. The first-order chi connectivity index (χ1) is 8.56. The molecule has 0 aliphatic carbocycles. The van der Waals surface area contributed by atoms with Gasteiger partial charge in [0.1, 0.15) is 11.6 Å². The number of hydrogen-bond acceptors (Lipinski definition) is 4. The first-order valence-corrected chi connectivity index (χ1v) is 6.06. The smallest absolute Gasteiger partial charge is 0.180 e. The predicted octanol–water partition coefficient (Wildman–Crippen LogP) is 1.14. The third-order valence-electron chi connectivity index (χ3n) is 3.26. The first kappa shape index (κ1) is 13.0. The average Bonchev–Trinajstić information content (AvgIpc) is 2.35. The third-order valence-corrected chi connectivity index (χ3v) is 3.26. The van der Waals surface area contributed by atoms with Crippen molar-refractivity contribution in [2.75, 3.05) is 19.6 Å². The van der Waals surface area contributed by atoms with E-state index in [2.05, 4.69) is 0 Å². The summed E-state index contributed by atoms with van der Waals surface area (Å²) < 4.78 is 13.0. The van der Waals surface area contributed by atoms with Crippen LogP contribution in [0, 0.1) is 5.82 Å². The standard InChI is InChI=1S/C13H17FN2O2/c14-9-1-2-12(17)11(7-9)13(18)8-16-5-3-10(15)4-6-16/h1-2,7,10,17H,3-6,8,15H2. The molecule has 0 bridgehead atoms. The molecule has 1 saturated heterocycles. The summed E-state index contributed by atoms with van der Waals surface area (Å²) in [7, 11) is 0. The summed E-state index contributed by atoms with van der Waals surface area (Å²) in [6, 6.07) is 3.62. The van der Waals surface area contributed by atoms with Gasteiger partial charge in [-0.1, -0.05) is 0 Å². The van der Waals surface area contributed by atoms with Crippen LogP contribution in [0.1, 0.15) is 23.2 Å². The van der Waals surface area contributed by atoms with Crippen molar-refractivity contribution in [3.63, 3.8) is 0 Å². The molecule has 0 amide bonds. The molecular formula is C13H17FN2O2. The summed E-state index contributed by atoms with van der Waals surface area (Å²) in [6.07, 6.45) is 1.73. The number of rotatable bonds is 3. The molecule has 0 saturated carbocycles. The molecule has 98 valence electrons. The molecule has 4 nitrogen and oxygen atoms in total. The Labute approximate surface area is 105 Å². The number of nitrogens with two attached hydrogens (primary N) is 1. The van der Waals surface area contributed by atoms with Crippen molar-refractivity contribution in [3.05, 3.63) is 29.6 Å². The van der Waals surface area contributed by atoms with Gasteiger partial charge in [0.2, 0.25) is 0 Å². The number of benzene rings is 1. The van der Waals surface area contributed by atoms with Crippen molar-refractivity contribution in [1.82, 2.24) is 4.90 Å². The van der Waals surface area contributed by atoms with E-state index in [0.717, 1.165) is 38.1 Å². The van der Waals surface area contributed by atoms with Crippen LogP contribution < -0.4 is 5.73 Å². The van der Waals surface area contributed by atoms with Gasteiger partial charge in [-0.2, -0.15) is 0 Å². The van der Waals surface area contributed by atoms with E-state index < -0.39 is 5.82 Å². The minimum atomic E-state index is -0.517. The maximum atomic E-state index is 13.0. The number of likely N-dealkylation sites (tertiary alicyclic amines) is 1. The van der Waals surface area contributed by atoms with Crippen LogP contribution in [-0.2, 0) is 0 Å². The summed E-state index contributed by atoms with van der Waals surface area (Å²) in [6.45, 7) is 1.73. The number of ketones is 1. The molecule has 1 fully saturated rings. The molecule has 0 unspecified atom stereocenters. The molecule has 2 rings (SSSR count). The molecule has 1 aliphatic heterocycles. The van der Waals surface area contributed by atoms with Gasteiger partial charge >= 0.3 is 0 Å². The van der Waals surface area contributed by atoms with Gasteiger partial charge in [0.15, 0.2) is 5.78 Å².